The second-order valence-electron chi connectivity index (χ2n) is 5.37. The van der Waals surface area contributed by atoms with Gasteiger partial charge in [0.15, 0.2) is 0 Å². The normalized spacial score (nSPS) is 10.7. The minimum absolute atomic E-state index is 0.759. The van der Waals surface area contributed by atoms with Gasteiger partial charge in [-0.2, -0.15) is 5.10 Å². The second-order valence-corrected chi connectivity index (χ2v) is 6.36. The van der Waals surface area contributed by atoms with E-state index in [1.807, 2.05) is 38.8 Å². The van der Waals surface area contributed by atoms with Gasteiger partial charge in [0.25, 0.3) is 0 Å². The molecule has 0 saturated carbocycles. The molecule has 5 nitrogen and oxygen atoms in total. The van der Waals surface area contributed by atoms with E-state index < -0.39 is 0 Å². The van der Waals surface area contributed by atoms with Crippen LogP contribution in [-0.4, -0.2) is 26.8 Å². The quantitative estimate of drug-likeness (QED) is 0.652. The van der Waals surface area contributed by atoms with Gasteiger partial charge in [0.1, 0.15) is 10.8 Å². The predicted molar refractivity (Wildman–Crippen MR) is 93.4 cm³/mol. The van der Waals surface area contributed by atoms with Crippen molar-refractivity contribution in [3.05, 3.63) is 66.2 Å². The molecule has 0 spiro atoms. The molecule has 23 heavy (non-hydrogen) atoms. The summed E-state index contributed by atoms with van der Waals surface area (Å²) >= 11 is 1.70. The van der Waals surface area contributed by atoms with Crippen LogP contribution in [0, 0.1) is 0 Å². The molecule has 0 amide bonds. The maximum absolute atomic E-state index is 4.69. The van der Waals surface area contributed by atoms with Gasteiger partial charge in [-0.3, -0.25) is 9.67 Å². The Balaban J connectivity index is 1.64. The molecule has 0 saturated heterocycles. The van der Waals surface area contributed by atoms with Crippen molar-refractivity contribution >= 4 is 17.6 Å². The minimum atomic E-state index is 0.759. The predicted octanol–water partition coefficient (Wildman–Crippen LogP) is 3.14. The van der Waals surface area contributed by atoms with Crippen molar-refractivity contribution in [2.24, 2.45) is 7.05 Å². The molecule has 0 bridgehead atoms. The Bertz CT molecular complexity index is 756. The largest absolute Gasteiger partial charge is 0.354 e. The second kappa shape index (κ2) is 7.28. The molecule has 0 fully saturated rings. The topological polar surface area (TPSA) is 46.8 Å². The van der Waals surface area contributed by atoms with E-state index in [1.54, 1.807) is 22.6 Å². The molecule has 0 aliphatic rings. The Morgan fingerprint density at radius 1 is 1.09 bits per heavy atom. The van der Waals surface area contributed by atoms with Gasteiger partial charge in [0.05, 0.1) is 18.6 Å². The van der Waals surface area contributed by atoms with Crippen LogP contribution >= 0.6 is 11.8 Å². The molecule has 0 N–H and O–H groups in total. The Kier molecular flexibility index (Phi) is 4.92. The molecule has 3 rings (SSSR count). The lowest BCUT2D eigenvalue weighted by molar-refractivity contribution is 0.766. The SMILES string of the molecule is CN(Cc1cnn(C)c1)c1cncc(SCc2ccccc2)n1. The number of anilines is 1. The van der Waals surface area contributed by atoms with E-state index in [0.717, 1.165) is 28.7 Å². The maximum atomic E-state index is 4.69. The lowest BCUT2D eigenvalue weighted by atomic mass is 10.2. The molecular formula is C17H19N5S. The number of aromatic nitrogens is 4. The summed E-state index contributed by atoms with van der Waals surface area (Å²) in [5, 5.41) is 5.13. The van der Waals surface area contributed by atoms with Crippen LogP contribution in [0.25, 0.3) is 0 Å². The molecule has 0 unspecified atom stereocenters. The zero-order chi connectivity index (χ0) is 16.1. The average Bonchev–Trinajstić information content (AvgIpc) is 2.99. The summed E-state index contributed by atoms with van der Waals surface area (Å²) < 4.78 is 1.81. The van der Waals surface area contributed by atoms with Gasteiger partial charge in [0.2, 0.25) is 0 Å². The summed E-state index contributed by atoms with van der Waals surface area (Å²) in [5.74, 6) is 1.76. The zero-order valence-corrected chi connectivity index (χ0v) is 14.1. The highest BCUT2D eigenvalue weighted by atomic mass is 32.2. The fraction of sp³-hybridized carbons (Fsp3) is 0.235. The van der Waals surface area contributed by atoms with Crippen LogP contribution in [0.1, 0.15) is 11.1 Å². The molecule has 6 heteroatoms. The van der Waals surface area contributed by atoms with Crippen molar-refractivity contribution in [2.45, 2.75) is 17.3 Å². The first-order valence-corrected chi connectivity index (χ1v) is 8.37. The Morgan fingerprint density at radius 2 is 1.91 bits per heavy atom. The molecule has 0 aliphatic carbocycles. The molecule has 0 atom stereocenters. The van der Waals surface area contributed by atoms with Crippen molar-refractivity contribution in [3.63, 3.8) is 0 Å². The van der Waals surface area contributed by atoms with Gasteiger partial charge in [-0.05, 0) is 5.56 Å². The third-order valence-corrected chi connectivity index (χ3v) is 4.37. The summed E-state index contributed by atoms with van der Waals surface area (Å²) in [6.07, 6.45) is 7.49. The number of rotatable bonds is 6. The molecule has 1 aromatic carbocycles. The van der Waals surface area contributed by atoms with E-state index in [1.165, 1.54) is 5.56 Å². The number of nitrogens with zero attached hydrogens (tertiary/aromatic N) is 5. The maximum Gasteiger partial charge on any atom is 0.148 e. The highest BCUT2D eigenvalue weighted by molar-refractivity contribution is 7.98. The summed E-state index contributed by atoms with van der Waals surface area (Å²) in [6.45, 7) is 0.759. The molecule has 2 aromatic heterocycles. The molecule has 0 aliphatic heterocycles. The van der Waals surface area contributed by atoms with Gasteiger partial charge < -0.3 is 4.90 Å². The van der Waals surface area contributed by atoms with E-state index in [9.17, 15) is 0 Å². The van der Waals surface area contributed by atoms with E-state index in [4.69, 9.17) is 0 Å². The van der Waals surface area contributed by atoms with E-state index in [0.29, 0.717) is 0 Å². The lowest BCUT2D eigenvalue weighted by Gasteiger charge is -2.17. The first-order valence-electron chi connectivity index (χ1n) is 7.38. The third kappa shape index (κ3) is 4.32. The summed E-state index contributed by atoms with van der Waals surface area (Å²) in [4.78, 5) is 11.1. The van der Waals surface area contributed by atoms with Crippen molar-refractivity contribution in [3.8, 4) is 0 Å². The first kappa shape index (κ1) is 15.6. The van der Waals surface area contributed by atoms with Gasteiger partial charge in [0, 0.05) is 38.2 Å². The van der Waals surface area contributed by atoms with Crippen molar-refractivity contribution < 1.29 is 0 Å². The summed E-state index contributed by atoms with van der Waals surface area (Å²) in [7, 11) is 3.94. The van der Waals surface area contributed by atoms with Gasteiger partial charge in [-0.25, -0.2) is 4.98 Å². The molecule has 0 radical (unpaired) electrons. The highest BCUT2D eigenvalue weighted by Crippen LogP contribution is 2.22. The standard InChI is InChI=1S/C17H19N5S/c1-21(11-15-8-19-22(2)12-15)16-9-18-10-17(20-16)23-13-14-6-4-3-5-7-14/h3-10,12H,11,13H2,1-2H3. The number of hydrogen-bond donors (Lipinski definition) is 0. The fourth-order valence-electron chi connectivity index (χ4n) is 2.23. The number of benzene rings is 1. The Morgan fingerprint density at radius 3 is 2.65 bits per heavy atom. The van der Waals surface area contributed by atoms with Crippen LogP contribution in [0.15, 0.2) is 60.1 Å². The van der Waals surface area contributed by atoms with Crippen LogP contribution in [-0.2, 0) is 19.3 Å². The molecule has 3 aromatic rings. The van der Waals surface area contributed by atoms with Crippen LogP contribution in [0.2, 0.25) is 0 Å². The van der Waals surface area contributed by atoms with Crippen LogP contribution in [0.5, 0.6) is 0 Å². The Hall–Kier alpha value is -2.34. The third-order valence-electron chi connectivity index (χ3n) is 3.40. The van der Waals surface area contributed by atoms with Gasteiger partial charge in [-0.1, -0.05) is 30.3 Å². The van der Waals surface area contributed by atoms with E-state index in [2.05, 4.69) is 44.2 Å². The first-order chi connectivity index (χ1) is 11.2. The average molecular weight is 325 g/mol. The van der Waals surface area contributed by atoms with Crippen molar-refractivity contribution in [1.82, 2.24) is 19.7 Å². The smallest absolute Gasteiger partial charge is 0.148 e. The van der Waals surface area contributed by atoms with E-state index in [-0.39, 0.29) is 0 Å². The summed E-state index contributed by atoms with van der Waals surface area (Å²) in [6, 6.07) is 10.4. The number of hydrogen-bond acceptors (Lipinski definition) is 5. The number of aryl methyl sites for hydroxylation is 1. The highest BCUT2D eigenvalue weighted by Gasteiger charge is 2.07. The summed E-state index contributed by atoms with van der Waals surface area (Å²) in [5.41, 5.74) is 2.44. The lowest BCUT2D eigenvalue weighted by Crippen LogP contribution is -2.17. The fourth-order valence-corrected chi connectivity index (χ4v) is 3.03. The minimum Gasteiger partial charge on any atom is -0.354 e. The monoisotopic (exact) mass is 325 g/mol. The van der Waals surface area contributed by atoms with Crippen molar-refractivity contribution in [1.29, 1.82) is 0 Å². The number of thioether (sulfide) groups is 1. The zero-order valence-electron chi connectivity index (χ0n) is 13.3. The Labute approximate surface area is 140 Å². The van der Waals surface area contributed by atoms with Crippen molar-refractivity contribution in [2.75, 3.05) is 11.9 Å². The van der Waals surface area contributed by atoms with Crippen LogP contribution < -0.4 is 4.90 Å². The molecule has 2 heterocycles. The van der Waals surface area contributed by atoms with Crippen LogP contribution in [0.4, 0.5) is 5.82 Å². The molecular weight excluding hydrogens is 306 g/mol. The molecule has 118 valence electrons. The van der Waals surface area contributed by atoms with Crippen LogP contribution in [0.3, 0.4) is 0 Å². The van der Waals surface area contributed by atoms with E-state index >= 15 is 0 Å². The van der Waals surface area contributed by atoms with Gasteiger partial charge in [-0.15, -0.1) is 11.8 Å². The van der Waals surface area contributed by atoms with Gasteiger partial charge >= 0.3 is 0 Å².